The highest BCUT2D eigenvalue weighted by molar-refractivity contribution is 5.66. The van der Waals surface area contributed by atoms with Gasteiger partial charge in [0.05, 0.1) is 6.61 Å². The molecule has 0 rings (SSSR count). The van der Waals surface area contributed by atoms with Gasteiger partial charge in [-0.05, 0) is 19.5 Å². The Kier molecular flexibility index (Phi) is 7.63. The van der Waals surface area contributed by atoms with Crippen LogP contribution in [0.5, 0.6) is 0 Å². The van der Waals surface area contributed by atoms with Crippen molar-refractivity contribution in [3.8, 4) is 0 Å². The summed E-state index contributed by atoms with van der Waals surface area (Å²) in [7, 11) is 1.67. The molecule has 4 heteroatoms. The van der Waals surface area contributed by atoms with Gasteiger partial charge in [0, 0.05) is 20.1 Å². The van der Waals surface area contributed by atoms with Crippen molar-refractivity contribution in [1.29, 1.82) is 0 Å². The first-order chi connectivity index (χ1) is 6.20. The Morgan fingerprint density at radius 1 is 1.46 bits per heavy atom. The molecule has 0 fully saturated rings. The summed E-state index contributed by atoms with van der Waals surface area (Å²) in [6, 6.07) is 0. The zero-order valence-electron chi connectivity index (χ0n) is 8.45. The average molecular weight is 189 g/mol. The first kappa shape index (κ1) is 12.4. The summed E-state index contributed by atoms with van der Waals surface area (Å²) in [6.07, 6.45) is 0.969. The predicted octanol–water partition coefficient (Wildman–Crippen LogP) is 0.820. The summed E-state index contributed by atoms with van der Waals surface area (Å²) in [5.74, 6) is -0.720. The van der Waals surface area contributed by atoms with E-state index in [9.17, 15) is 4.79 Å². The van der Waals surface area contributed by atoms with Crippen molar-refractivity contribution in [2.75, 3.05) is 33.4 Å². The topological polar surface area (TPSA) is 49.8 Å². The zero-order valence-corrected chi connectivity index (χ0v) is 8.45. The van der Waals surface area contributed by atoms with E-state index in [0.717, 1.165) is 19.6 Å². The third-order valence-electron chi connectivity index (χ3n) is 1.92. The van der Waals surface area contributed by atoms with Crippen LogP contribution in [0.1, 0.15) is 19.8 Å². The average Bonchev–Trinajstić information content (AvgIpc) is 2.10. The highest BCUT2D eigenvalue weighted by Gasteiger charge is 2.03. The lowest BCUT2D eigenvalue weighted by Gasteiger charge is -2.18. The molecule has 0 saturated carbocycles. The number of likely N-dealkylation sites (N-methyl/N-ethyl adjacent to an activating group) is 1. The van der Waals surface area contributed by atoms with E-state index in [0.29, 0.717) is 13.0 Å². The molecular weight excluding hydrogens is 170 g/mol. The van der Waals surface area contributed by atoms with Crippen LogP contribution in [0, 0.1) is 0 Å². The van der Waals surface area contributed by atoms with Crippen LogP contribution >= 0.6 is 0 Å². The second kappa shape index (κ2) is 8.01. The van der Waals surface area contributed by atoms with Crippen molar-refractivity contribution < 1.29 is 14.6 Å². The molecule has 0 aliphatic rings. The smallest absolute Gasteiger partial charge is 0.303 e. The fourth-order valence-corrected chi connectivity index (χ4v) is 1.10. The van der Waals surface area contributed by atoms with Crippen molar-refractivity contribution >= 4 is 5.97 Å². The molecular formula is C9H19NO3. The van der Waals surface area contributed by atoms with Gasteiger partial charge in [0.25, 0.3) is 0 Å². The van der Waals surface area contributed by atoms with E-state index in [1.54, 1.807) is 7.11 Å². The number of ether oxygens (including phenoxy) is 1. The first-order valence-corrected chi connectivity index (χ1v) is 4.63. The molecule has 0 amide bonds. The monoisotopic (exact) mass is 189 g/mol. The van der Waals surface area contributed by atoms with Crippen LogP contribution in [0.4, 0.5) is 0 Å². The fourth-order valence-electron chi connectivity index (χ4n) is 1.10. The van der Waals surface area contributed by atoms with E-state index < -0.39 is 5.97 Å². The number of carboxylic acids is 1. The van der Waals surface area contributed by atoms with Crippen LogP contribution < -0.4 is 0 Å². The maximum atomic E-state index is 10.2. The molecule has 0 atom stereocenters. The first-order valence-electron chi connectivity index (χ1n) is 4.63. The van der Waals surface area contributed by atoms with E-state index in [2.05, 4.69) is 11.8 Å². The van der Waals surface area contributed by atoms with Crippen LogP contribution in [0.2, 0.25) is 0 Å². The Bertz CT molecular complexity index is 139. The number of carboxylic acid groups (broad SMARTS) is 1. The molecule has 0 unspecified atom stereocenters. The molecule has 13 heavy (non-hydrogen) atoms. The van der Waals surface area contributed by atoms with Crippen molar-refractivity contribution in [1.82, 2.24) is 4.90 Å². The van der Waals surface area contributed by atoms with Gasteiger partial charge in [-0.1, -0.05) is 6.92 Å². The summed E-state index contributed by atoms with van der Waals surface area (Å²) in [5.41, 5.74) is 0. The Balaban J connectivity index is 3.41. The standard InChI is InChI=1S/C9H19NO3/c1-3-10(7-8-13-2)6-4-5-9(11)12/h3-8H2,1-2H3,(H,11,12). The minimum Gasteiger partial charge on any atom is -0.481 e. The van der Waals surface area contributed by atoms with Crippen LogP contribution in [-0.2, 0) is 9.53 Å². The molecule has 0 heterocycles. The van der Waals surface area contributed by atoms with Crippen molar-refractivity contribution in [2.24, 2.45) is 0 Å². The van der Waals surface area contributed by atoms with E-state index in [1.165, 1.54) is 0 Å². The molecule has 0 aromatic rings. The van der Waals surface area contributed by atoms with Gasteiger partial charge in [-0.2, -0.15) is 0 Å². The number of aliphatic carboxylic acids is 1. The van der Waals surface area contributed by atoms with Gasteiger partial charge in [-0.3, -0.25) is 4.79 Å². The van der Waals surface area contributed by atoms with Crippen LogP contribution in [0.25, 0.3) is 0 Å². The summed E-state index contributed by atoms with van der Waals surface area (Å²) in [5, 5.41) is 8.43. The molecule has 1 N–H and O–H groups in total. The van der Waals surface area contributed by atoms with E-state index >= 15 is 0 Å². The van der Waals surface area contributed by atoms with Gasteiger partial charge in [0.2, 0.25) is 0 Å². The lowest BCUT2D eigenvalue weighted by atomic mass is 10.3. The van der Waals surface area contributed by atoms with Crippen LogP contribution in [0.15, 0.2) is 0 Å². The number of hydrogen-bond donors (Lipinski definition) is 1. The molecule has 4 nitrogen and oxygen atoms in total. The molecule has 0 aromatic carbocycles. The minimum atomic E-state index is -0.720. The lowest BCUT2D eigenvalue weighted by molar-refractivity contribution is -0.137. The second-order valence-corrected chi connectivity index (χ2v) is 2.92. The largest absolute Gasteiger partial charge is 0.481 e. The molecule has 0 radical (unpaired) electrons. The third kappa shape index (κ3) is 7.74. The summed E-state index contributed by atoms with van der Waals surface area (Å²) in [4.78, 5) is 12.4. The Hall–Kier alpha value is -0.610. The Morgan fingerprint density at radius 2 is 2.15 bits per heavy atom. The molecule has 0 aliphatic heterocycles. The second-order valence-electron chi connectivity index (χ2n) is 2.92. The SMILES string of the molecule is CCN(CCCC(=O)O)CCOC. The van der Waals surface area contributed by atoms with Gasteiger partial charge >= 0.3 is 5.97 Å². The van der Waals surface area contributed by atoms with E-state index in [-0.39, 0.29) is 6.42 Å². The highest BCUT2D eigenvalue weighted by Crippen LogP contribution is 1.95. The fraction of sp³-hybridized carbons (Fsp3) is 0.889. The number of hydrogen-bond acceptors (Lipinski definition) is 3. The maximum Gasteiger partial charge on any atom is 0.303 e. The molecule has 0 saturated heterocycles. The summed E-state index contributed by atoms with van der Waals surface area (Å²) >= 11 is 0. The van der Waals surface area contributed by atoms with Crippen LogP contribution in [0.3, 0.4) is 0 Å². The molecule has 0 spiro atoms. The molecule has 78 valence electrons. The normalized spacial score (nSPS) is 10.7. The lowest BCUT2D eigenvalue weighted by Crippen LogP contribution is -2.28. The summed E-state index contributed by atoms with van der Waals surface area (Å²) < 4.78 is 4.94. The van der Waals surface area contributed by atoms with Gasteiger partial charge < -0.3 is 14.7 Å². The highest BCUT2D eigenvalue weighted by atomic mass is 16.5. The minimum absolute atomic E-state index is 0.253. The Morgan fingerprint density at radius 3 is 2.62 bits per heavy atom. The number of methoxy groups -OCH3 is 1. The number of nitrogens with zero attached hydrogens (tertiary/aromatic N) is 1. The van der Waals surface area contributed by atoms with Crippen molar-refractivity contribution in [2.45, 2.75) is 19.8 Å². The van der Waals surface area contributed by atoms with Gasteiger partial charge in [-0.15, -0.1) is 0 Å². The van der Waals surface area contributed by atoms with Gasteiger partial charge in [0.15, 0.2) is 0 Å². The van der Waals surface area contributed by atoms with E-state index in [4.69, 9.17) is 9.84 Å². The quantitative estimate of drug-likeness (QED) is 0.614. The predicted molar refractivity (Wildman–Crippen MR) is 50.9 cm³/mol. The third-order valence-corrected chi connectivity index (χ3v) is 1.92. The van der Waals surface area contributed by atoms with E-state index in [1.807, 2.05) is 0 Å². The molecule has 0 aromatic heterocycles. The number of carbonyl (C=O) groups is 1. The molecule has 0 bridgehead atoms. The Labute approximate surface area is 79.5 Å². The van der Waals surface area contributed by atoms with Gasteiger partial charge in [0.1, 0.15) is 0 Å². The van der Waals surface area contributed by atoms with Gasteiger partial charge in [-0.25, -0.2) is 0 Å². The molecule has 0 aliphatic carbocycles. The van der Waals surface area contributed by atoms with Crippen LogP contribution in [-0.4, -0.2) is 49.3 Å². The zero-order chi connectivity index (χ0) is 10.1. The number of rotatable bonds is 8. The summed E-state index contributed by atoms with van der Waals surface area (Å²) in [6.45, 7) is 5.44. The maximum absolute atomic E-state index is 10.2. The van der Waals surface area contributed by atoms with Crippen molar-refractivity contribution in [3.63, 3.8) is 0 Å². The van der Waals surface area contributed by atoms with Crippen molar-refractivity contribution in [3.05, 3.63) is 0 Å².